The molecule has 0 bridgehead atoms. The molecular formula is C18H27N3O3. The molecule has 1 heterocycles. The fourth-order valence-electron chi connectivity index (χ4n) is 3.22. The summed E-state index contributed by atoms with van der Waals surface area (Å²) in [5.74, 6) is 0.679. The van der Waals surface area contributed by atoms with Crippen LogP contribution in [-0.2, 0) is 0 Å². The Kier molecular flexibility index (Phi) is 6.46. The molecule has 1 saturated heterocycles. The van der Waals surface area contributed by atoms with E-state index in [0.717, 1.165) is 25.9 Å². The first-order chi connectivity index (χ1) is 11.5. The van der Waals surface area contributed by atoms with Crippen LogP contribution in [0.3, 0.4) is 0 Å². The summed E-state index contributed by atoms with van der Waals surface area (Å²) >= 11 is 0. The lowest BCUT2D eigenvalue weighted by Crippen LogP contribution is -2.35. The molecule has 2 rings (SSSR count). The quantitative estimate of drug-likeness (QED) is 0.867. The molecule has 0 aliphatic carbocycles. The monoisotopic (exact) mass is 333 g/mol. The molecule has 1 aromatic rings. The summed E-state index contributed by atoms with van der Waals surface area (Å²) in [5, 5.41) is 2.86. The van der Waals surface area contributed by atoms with Crippen molar-refractivity contribution >= 4 is 17.6 Å². The fourth-order valence-corrected chi connectivity index (χ4v) is 3.22. The van der Waals surface area contributed by atoms with E-state index in [-0.39, 0.29) is 6.03 Å². The van der Waals surface area contributed by atoms with Crippen LogP contribution in [0.4, 0.5) is 10.5 Å². The van der Waals surface area contributed by atoms with E-state index in [1.165, 1.54) is 26.4 Å². The second-order valence-electron chi connectivity index (χ2n) is 6.28. The number of hydrogen-bond acceptors (Lipinski definition) is 3. The first-order valence-corrected chi connectivity index (χ1v) is 8.59. The highest BCUT2D eigenvalue weighted by Gasteiger charge is 2.21. The van der Waals surface area contributed by atoms with Gasteiger partial charge in [-0.25, -0.2) is 4.79 Å². The molecule has 1 aliphatic rings. The maximum atomic E-state index is 12.6. The Balaban J connectivity index is 2.06. The summed E-state index contributed by atoms with van der Waals surface area (Å²) < 4.78 is 5.26. The SMILES string of the molecule is CCC[C@H]1CCCN(C(=O)Nc2cc(C(N)=O)ccc2OC)CC1. The van der Waals surface area contributed by atoms with Gasteiger partial charge in [0.1, 0.15) is 5.75 Å². The van der Waals surface area contributed by atoms with Crippen molar-refractivity contribution in [3.8, 4) is 5.75 Å². The summed E-state index contributed by atoms with van der Waals surface area (Å²) in [5.41, 5.74) is 6.11. The Morgan fingerprint density at radius 1 is 1.33 bits per heavy atom. The minimum Gasteiger partial charge on any atom is -0.495 e. The number of carbonyl (C=O) groups is 2. The number of carbonyl (C=O) groups excluding carboxylic acids is 2. The van der Waals surface area contributed by atoms with E-state index in [1.807, 2.05) is 4.90 Å². The smallest absolute Gasteiger partial charge is 0.321 e. The second kappa shape index (κ2) is 8.57. The minimum atomic E-state index is -0.537. The number of methoxy groups -OCH3 is 1. The van der Waals surface area contributed by atoms with E-state index in [9.17, 15) is 9.59 Å². The van der Waals surface area contributed by atoms with Gasteiger partial charge in [0.2, 0.25) is 5.91 Å². The van der Waals surface area contributed by atoms with Crippen molar-refractivity contribution in [3.63, 3.8) is 0 Å². The van der Waals surface area contributed by atoms with Crippen LogP contribution >= 0.6 is 0 Å². The number of rotatable bonds is 5. The van der Waals surface area contributed by atoms with Crippen molar-refractivity contribution in [3.05, 3.63) is 23.8 Å². The highest BCUT2D eigenvalue weighted by Crippen LogP contribution is 2.27. The third kappa shape index (κ3) is 4.63. The summed E-state index contributed by atoms with van der Waals surface area (Å²) in [6, 6.07) is 4.61. The zero-order valence-electron chi connectivity index (χ0n) is 14.5. The predicted octanol–water partition coefficient (Wildman–Crippen LogP) is 3.23. The van der Waals surface area contributed by atoms with Crippen molar-refractivity contribution in [2.75, 3.05) is 25.5 Å². The molecule has 0 aromatic heterocycles. The molecule has 0 radical (unpaired) electrons. The van der Waals surface area contributed by atoms with Crippen LogP contribution < -0.4 is 15.8 Å². The Morgan fingerprint density at radius 2 is 2.12 bits per heavy atom. The van der Waals surface area contributed by atoms with Gasteiger partial charge in [0.25, 0.3) is 0 Å². The van der Waals surface area contributed by atoms with Gasteiger partial charge in [-0.05, 0) is 43.4 Å². The minimum absolute atomic E-state index is 0.160. The standard InChI is InChI=1S/C18H27N3O3/c1-3-5-13-6-4-10-21(11-9-13)18(23)20-15-12-14(17(19)22)7-8-16(15)24-2/h7-8,12-13H,3-6,9-11H2,1-2H3,(H2,19,22)(H,20,23)/t13-/m0/s1. The molecule has 1 aromatic carbocycles. The molecular weight excluding hydrogens is 306 g/mol. The average molecular weight is 333 g/mol. The maximum Gasteiger partial charge on any atom is 0.321 e. The maximum absolute atomic E-state index is 12.6. The first-order valence-electron chi connectivity index (χ1n) is 8.59. The highest BCUT2D eigenvalue weighted by molar-refractivity contribution is 5.97. The van der Waals surface area contributed by atoms with Gasteiger partial charge >= 0.3 is 6.03 Å². The molecule has 0 unspecified atom stereocenters. The Bertz CT molecular complexity index is 589. The predicted molar refractivity (Wildman–Crippen MR) is 94.4 cm³/mol. The lowest BCUT2D eigenvalue weighted by atomic mass is 9.96. The van der Waals surface area contributed by atoms with Gasteiger partial charge in [0, 0.05) is 18.7 Å². The molecule has 1 atom stereocenters. The molecule has 3 amide bonds. The van der Waals surface area contributed by atoms with Gasteiger partial charge in [-0.1, -0.05) is 19.8 Å². The van der Waals surface area contributed by atoms with Crippen molar-refractivity contribution in [2.45, 2.75) is 39.0 Å². The third-order valence-electron chi connectivity index (χ3n) is 4.56. The normalized spacial score (nSPS) is 17.9. The van der Waals surface area contributed by atoms with Crippen LogP contribution in [0.2, 0.25) is 0 Å². The number of ether oxygens (including phenoxy) is 1. The van der Waals surface area contributed by atoms with Crippen molar-refractivity contribution in [1.82, 2.24) is 4.90 Å². The van der Waals surface area contributed by atoms with Crippen LogP contribution in [0.5, 0.6) is 5.75 Å². The average Bonchev–Trinajstić information content (AvgIpc) is 2.81. The lowest BCUT2D eigenvalue weighted by molar-refractivity contribution is 0.1000. The van der Waals surface area contributed by atoms with E-state index in [0.29, 0.717) is 22.9 Å². The number of anilines is 1. The number of primary amides is 1. The van der Waals surface area contributed by atoms with Crippen LogP contribution in [0, 0.1) is 5.92 Å². The number of benzene rings is 1. The summed E-state index contributed by atoms with van der Waals surface area (Å²) in [4.78, 5) is 25.8. The number of likely N-dealkylation sites (tertiary alicyclic amines) is 1. The van der Waals surface area contributed by atoms with Crippen LogP contribution in [0.1, 0.15) is 49.4 Å². The third-order valence-corrected chi connectivity index (χ3v) is 4.56. The van der Waals surface area contributed by atoms with Crippen molar-refractivity contribution in [2.24, 2.45) is 11.7 Å². The Morgan fingerprint density at radius 3 is 2.79 bits per heavy atom. The van der Waals surface area contributed by atoms with Gasteiger partial charge < -0.3 is 20.7 Å². The largest absolute Gasteiger partial charge is 0.495 e. The summed E-state index contributed by atoms with van der Waals surface area (Å²) in [6.45, 7) is 3.71. The number of amides is 3. The zero-order chi connectivity index (χ0) is 17.5. The number of nitrogens with two attached hydrogens (primary N) is 1. The van der Waals surface area contributed by atoms with Gasteiger partial charge in [0.05, 0.1) is 12.8 Å². The number of urea groups is 1. The molecule has 6 heteroatoms. The molecule has 132 valence electrons. The molecule has 3 N–H and O–H groups in total. The van der Waals surface area contributed by atoms with Gasteiger partial charge in [-0.15, -0.1) is 0 Å². The Labute approximate surface area is 143 Å². The van der Waals surface area contributed by atoms with Crippen molar-refractivity contribution < 1.29 is 14.3 Å². The number of nitrogens with one attached hydrogen (secondary N) is 1. The number of nitrogens with zero attached hydrogens (tertiary/aromatic N) is 1. The highest BCUT2D eigenvalue weighted by atomic mass is 16.5. The first kappa shape index (κ1) is 18.1. The van der Waals surface area contributed by atoms with Crippen LogP contribution in [0.15, 0.2) is 18.2 Å². The topological polar surface area (TPSA) is 84.7 Å². The lowest BCUT2D eigenvalue weighted by Gasteiger charge is -2.22. The summed E-state index contributed by atoms with van der Waals surface area (Å²) in [7, 11) is 1.52. The van der Waals surface area contributed by atoms with Gasteiger partial charge in [-0.3, -0.25) is 4.79 Å². The molecule has 1 aliphatic heterocycles. The fraction of sp³-hybridized carbons (Fsp3) is 0.556. The number of hydrogen-bond donors (Lipinski definition) is 2. The summed E-state index contributed by atoms with van der Waals surface area (Å²) in [6.07, 6.45) is 5.66. The van der Waals surface area contributed by atoms with E-state index >= 15 is 0 Å². The zero-order valence-corrected chi connectivity index (χ0v) is 14.5. The van der Waals surface area contributed by atoms with Crippen molar-refractivity contribution in [1.29, 1.82) is 0 Å². The van der Waals surface area contributed by atoms with E-state index in [4.69, 9.17) is 10.5 Å². The van der Waals surface area contributed by atoms with Crippen LogP contribution in [-0.4, -0.2) is 37.0 Å². The second-order valence-corrected chi connectivity index (χ2v) is 6.28. The molecule has 24 heavy (non-hydrogen) atoms. The van der Waals surface area contributed by atoms with E-state index in [1.54, 1.807) is 18.2 Å². The molecule has 6 nitrogen and oxygen atoms in total. The van der Waals surface area contributed by atoms with Gasteiger partial charge in [0.15, 0.2) is 0 Å². The molecule has 0 spiro atoms. The van der Waals surface area contributed by atoms with E-state index < -0.39 is 5.91 Å². The molecule has 0 saturated carbocycles. The molecule has 1 fully saturated rings. The van der Waals surface area contributed by atoms with Crippen LogP contribution in [0.25, 0.3) is 0 Å². The van der Waals surface area contributed by atoms with Gasteiger partial charge in [-0.2, -0.15) is 0 Å². The Hall–Kier alpha value is -2.24. The van der Waals surface area contributed by atoms with E-state index in [2.05, 4.69) is 12.2 Å².